The number of fused-ring (bicyclic) bond motifs is 3. The molecule has 0 bridgehead atoms. The van der Waals surface area contributed by atoms with Gasteiger partial charge in [0.1, 0.15) is 5.75 Å². The molecule has 262 valence electrons. The first kappa shape index (κ1) is 35.5. The second-order valence-corrected chi connectivity index (χ2v) is 13.0. The number of phenols is 1. The highest BCUT2D eigenvalue weighted by molar-refractivity contribution is 6.43. The summed E-state index contributed by atoms with van der Waals surface area (Å²) in [6.07, 6.45) is -7.19. The summed E-state index contributed by atoms with van der Waals surface area (Å²) in [6.45, 7) is 1.93. The SMILES string of the molecule is CCCC1=C2[C@@H](CC/C(=C/c3ccccc3O)c3ccccc3)OB(O)C[C@@H]2[C@@H]2C(=O)N(c3cc(C(F)(F)F)cc(C(F)(F)F)c3)C(=O)[C@@H]2C1. The zero-order valence-corrected chi connectivity index (χ0v) is 27.0. The molecule has 50 heavy (non-hydrogen) atoms. The highest BCUT2D eigenvalue weighted by Gasteiger charge is 2.58. The van der Waals surface area contributed by atoms with Crippen LogP contribution in [-0.2, 0) is 26.6 Å². The van der Waals surface area contributed by atoms with E-state index in [4.69, 9.17) is 4.65 Å². The largest absolute Gasteiger partial charge is 0.507 e. The summed E-state index contributed by atoms with van der Waals surface area (Å²) in [5, 5.41) is 21.4. The molecule has 0 aromatic heterocycles. The fourth-order valence-electron chi connectivity index (χ4n) is 7.66. The fourth-order valence-corrected chi connectivity index (χ4v) is 7.66. The van der Waals surface area contributed by atoms with E-state index in [1.807, 2.05) is 43.3 Å². The van der Waals surface area contributed by atoms with Crippen LogP contribution < -0.4 is 4.90 Å². The number of hydrogen-bond acceptors (Lipinski definition) is 5. The Labute approximate surface area is 285 Å². The average molecular weight is 697 g/mol. The highest BCUT2D eigenvalue weighted by atomic mass is 19.4. The van der Waals surface area contributed by atoms with Crippen LogP contribution in [-0.4, -0.2) is 35.2 Å². The molecule has 2 amide bonds. The van der Waals surface area contributed by atoms with Crippen molar-refractivity contribution in [1.29, 1.82) is 0 Å². The number of phenolic OH excluding ortho intramolecular Hbond substituents is 1. The smallest absolute Gasteiger partial charge is 0.455 e. The van der Waals surface area contributed by atoms with E-state index >= 15 is 0 Å². The second kappa shape index (κ2) is 13.7. The van der Waals surface area contributed by atoms with Gasteiger partial charge in [-0.25, -0.2) is 4.90 Å². The van der Waals surface area contributed by atoms with Crippen molar-refractivity contribution in [2.75, 3.05) is 4.90 Å². The third kappa shape index (κ3) is 6.98. The first-order chi connectivity index (χ1) is 23.7. The van der Waals surface area contributed by atoms with Gasteiger partial charge in [0.05, 0.1) is 34.8 Å². The van der Waals surface area contributed by atoms with Crippen LogP contribution in [0.1, 0.15) is 61.3 Å². The number of anilines is 1. The molecule has 4 atom stereocenters. The predicted octanol–water partition coefficient (Wildman–Crippen LogP) is 8.55. The Morgan fingerprint density at radius 2 is 1.56 bits per heavy atom. The topological polar surface area (TPSA) is 87.1 Å². The molecule has 3 aliphatic rings. The van der Waals surface area contributed by atoms with Gasteiger partial charge < -0.3 is 14.8 Å². The van der Waals surface area contributed by atoms with Gasteiger partial charge in [-0.2, -0.15) is 26.3 Å². The molecule has 0 saturated carbocycles. The number of aromatic hydroxyl groups is 1. The Bertz CT molecular complexity index is 1810. The molecule has 2 heterocycles. The number of para-hydroxylation sites is 1. The van der Waals surface area contributed by atoms with Crippen LogP contribution >= 0.6 is 0 Å². The van der Waals surface area contributed by atoms with Gasteiger partial charge in [-0.05, 0) is 85.0 Å². The van der Waals surface area contributed by atoms with Crippen LogP contribution in [0.3, 0.4) is 0 Å². The second-order valence-electron chi connectivity index (χ2n) is 13.0. The minimum atomic E-state index is -5.16. The van der Waals surface area contributed by atoms with Gasteiger partial charge in [-0.1, -0.05) is 67.4 Å². The number of carbonyl (C=O) groups is 2. The number of alkyl halides is 6. The van der Waals surface area contributed by atoms with Gasteiger partial charge in [0.25, 0.3) is 0 Å². The molecule has 0 spiro atoms. The average Bonchev–Trinajstić information content (AvgIpc) is 3.31. The van der Waals surface area contributed by atoms with Gasteiger partial charge in [0.2, 0.25) is 11.8 Å². The van der Waals surface area contributed by atoms with Crippen molar-refractivity contribution < 1.29 is 50.7 Å². The summed E-state index contributed by atoms with van der Waals surface area (Å²) >= 11 is 0. The van der Waals surface area contributed by atoms with Crippen molar-refractivity contribution in [2.45, 2.75) is 63.8 Å². The summed E-state index contributed by atoms with van der Waals surface area (Å²) < 4.78 is 88.4. The third-order valence-corrected chi connectivity index (χ3v) is 9.78. The molecular formula is C37H34BF6NO5. The Hall–Kier alpha value is -4.36. The Balaban J connectivity index is 1.36. The Morgan fingerprint density at radius 1 is 0.920 bits per heavy atom. The molecule has 6 nitrogen and oxygen atoms in total. The minimum Gasteiger partial charge on any atom is -0.507 e. The molecule has 6 rings (SSSR count). The molecule has 0 radical (unpaired) electrons. The maximum atomic E-state index is 14.1. The van der Waals surface area contributed by atoms with Crippen LogP contribution in [0.4, 0.5) is 32.0 Å². The molecular weight excluding hydrogens is 663 g/mol. The van der Waals surface area contributed by atoms with Gasteiger partial charge in [-0.15, -0.1) is 0 Å². The van der Waals surface area contributed by atoms with E-state index in [-0.39, 0.29) is 24.6 Å². The van der Waals surface area contributed by atoms with Crippen LogP contribution in [0.2, 0.25) is 6.32 Å². The lowest BCUT2D eigenvalue weighted by Crippen LogP contribution is -2.46. The van der Waals surface area contributed by atoms with Crippen LogP contribution in [0, 0.1) is 17.8 Å². The lowest BCUT2D eigenvalue weighted by Gasteiger charge is -2.43. The number of allylic oxidation sites excluding steroid dienone is 2. The fraction of sp³-hybridized carbons (Fsp3) is 0.351. The number of halogens is 6. The van der Waals surface area contributed by atoms with E-state index < -0.39 is 72.0 Å². The first-order valence-corrected chi connectivity index (χ1v) is 16.4. The van der Waals surface area contributed by atoms with Crippen molar-refractivity contribution in [2.24, 2.45) is 17.8 Å². The molecule has 2 saturated heterocycles. The summed E-state index contributed by atoms with van der Waals surface area (Å²) in [7, 11) is -1.33. The molecule has 0 unspecified atom stereocenters. The van der Waals surface area contributed by atoms with Crippen LogP contribution in [0.25, 0.3) is 11.6 Å². The predicted molar refractivity (Wildman–Crippen MR) is 175 cm³/mol. The maximum absolute atomic E-state index is 14.1. The molecule has 1 aliphatic carbocycles. The van der Waals surface area contributed by atoms with Crippen molar-refractivity contribution >= 4 is 36.3 Å². The Morgan fingerprint density at radius 3 is 2.18 bits per heavy atom. The van der Waals surface area contributed by atoms with Crippen LogP contribution in [0.5, 0.6) is 5.75 Å². The lowest BCUT2D eigenvalue weighted by molar-refractivity contribution is -0.143. The zero-order chi connectivity index (χ0) is 36.0. The quantitative estimate of drug-likeness (QED) is 0.0811. The summed E-state index contributed by atoms with van der Waals surface area (Å²) in [5.41, 5.74) is -0.115. The molecule has 2 aliphatic heterocycles. The summed E-state index contributed by atoms with van der Waals surface area (Å²) in [6, 6.07) is 17.1. The number of imide groups is 1. The van der Waals surface area contributed by atoms with Gasteiger partial charge in [0.15, 0.2) is 0 Å². The minimum absolute atomic E-state index is 0.0443. The van der Waals surface area contributed by atoms with E-state index in [2.05, 4.69) is 0 Å². The third-order valence-electron chi connectivity index (χ3n) is 9.78. The molecule has 3 aromatic rings. The van der Waals surface area contributed by atoms with Crippen LogP contribution in [0.15, 0.2) is 83.9 Å². The van der Waals surface area contributed by atoms with Crippen molar-refractivity contribution in [1.82, 2.24) is 0 Å². The molecule has 13 heteroatoms. The van der Waals surface area contributed by atoms with E-state index in [1.165, 1.54) is 0 Å². The summed E-state index contributed by atoms with van der Waals surface area (Å²) in [4.78, 5) is 28.4. The number of benzene rings is 3. The number of nitrogens with zero attached hydrogens (tertiary/aromatic N) is 1. The van der Waals surface area contributed by atoms with Gasteiger partial charge >= 0.3 is 19.5 Å². The number of amides is 2. The lowest BCUT2D eigenvalue weighted by atomic mass is 9.58. The molecule has 2 N–H and O–H groups in total. The number of carbonyl (C=O) groups excluding carboxylic acids is 2. The Kier molecular flexibility index (Phi) is 9.75. The zero-order valence-electron chi connectivity index (χ0n) is 27.0. The van der Waals surface area contributed by atoms with Crippen molar-refractivity contribution in [3.8, 4) is 5.75 Å². The molecule has 3 aromatic carbocycles. The van der Waals surface area contributed by atoms with Crippen molar-refractivity contribution in [3.63, 3.8) is 0 Å². The monoisotopic (exact) mass is 697 g/mol. The summed E-state index contributed by atoms with van der Waals surface area (Å²) in [5.74, 6) is -4.52. The first-order valence-electron chi connectivity index (χ1n) is 16.4. The van der Waals surface area contributed by atoms with E-state index in [0.29, 0.717) is 48.3 Å². The van der Waals surface area contributed by atoms with E-state index in [9.17, 15) is 46.1 Å². The van der Waals surface area contributed by atoms with Gasteiger partial charge in [-0.3, -0.25) is 9.59 Å². The maximum Gasteiger partial charge on any atom is 0.455 e. The number of hydrogen-bond donors (Lipinski definition) is 2. The van der Waals surface area contributed by atoms with Gasteiger partial charge in [0, 0.05) is 5.56 Å². The van der Waals surface area contributed by atoms with E-state index in [0.717, 1.165) is 22.3 Å². The highest BCUT2D eigenvalue weighted by Crippen LogP contribution is 2.53. The number of rotatable bonds is 8. The van der Waals surface area contributed by atoms with E-state index in [1.54, 1.807) is 24.3 Å². The standard InChI is InChI=1S/C37H34BF6NO5/c1-2-8-24-16-28-33(35(48)45(34(28)47)27-18-25(36(39,40)41)17-26(19-27)37(42,43)44)29-20-38(49)50-31(32(24)29)14-13-22(21-9-4-3-5-10-21)15-23-11-6-7-12-30(23)46/h3-7,9-12,15,17-19,28-29,31,33,46,49H,2,8,13-14,16,20H2,1H3/b22-15-/t28-,29+,31-,33-/m1/s1. The molecule has 2 fully saturated rings. The normalized spacial score (nSPS) is 23.0. The van der Waals surface area contributed by atoms with Crippen molar-refractivity contribution in [3.05, 3.63) is 106 Å².